The SMILES string of the molecule is CCCCCCCCCCCCCCCCCC(=O)N(CCCCCCCCCCCCCC)[C@@H]1O[C@H](CO)[C@@H](O)[C@H](O)[C@H]1N(C(=O)OCc1ccccc1)C(=O)[C@@H](N)CC(C)C. The Balaban J connectivity index is 2.19. The molecule has 0 saturated carbocycles. The van der Waals surface area contributed by atoms with E-state index in [1.54, 1.807) is 12.1 Å². The first-order valence-electron chi connectivity index (χ1n) is 25.8. The third-order valence-corrected chi connectivity index (χ3v) is 12.7. The van der Waals surface area contributed by atoms with Gasteiger partial charge in [-0.15, -0.1) is 0 Å². The number of aliphatic hydroxyl groups excluding tert-OH is 3. The van der Waals surface area contributed by atoms with Crippen LogP contribution in [0.1, 0.15) is 219 Å². The summed E-state index contributed by atoms with van der Waals surface area (Å²) in [6.07, 6.45) is 25.3. The zero-order chi connectivity index (χ0) is 46.1. The van der Waals surface area contributed by atoms with Crippen LogP contribution in [0.5, 0.6) is 0 Å². The number of aliphatic hydroxyl groups is 3. The molecule has 0 spiro atoms. The second-order valence-corrected chi connectivity index (χ2v) is 18.9. The molecule has 1 heterocycles. The molecule has 0 aromatic heterocycles. The van der Waals surface area contributed by atoms with Crippen molar-refractivity contribution in [3.8, 4) is 0 Å². The third kappa shape index (κ3) is 23.4. The molecule has 6 atom stereocenters. The van der Waals surface area contributed by atoms with E-state index < -0.39 is 55.2 Å². The van der Waals surface area contributed by atoms with Crippen molar-refractivity contribution in [1.82, 2.24) is 9.80 Å². The molecule has 1 saturated heterocycles. The number of nitrogens with two attached hydrogens (primary N) is 1. The quantitative estimate of drug-likeness (QED) is 0.0476. The van der Waals surface area contributed by atoms with E-state index in [0.29, 0.717) is 18.4 Å². The van der Waals surface area contributed by atoms with Gasteiger partial charge in [0.25, 0.3) is 0 Å². The van der Waals surface area contributed by atoms with E-state index in [0.717, 1.165) is 43.4 Å². The Morgan fingerprint density at radius 2 is 1.11 bits per heavy atom. The molecule has 1 aliphatic rings. The fraction of sp³-hybridized carbons (Fsp3) is 0.827. The summed E-state index contributed by atoms with van der Waals surface area (Å²) >= 11 is 0. The van der Waals surface area contributed by atoms with Gasteiger partial charge in [-0.25, -0.2) is 9.69 Å². The summed E-state index contributed by atoms with van der Waals surface area (Å²) in [4.78, 5) is 45.1. The summed E-state index contributed by atoms with van der Waals surface area (Å²) in [5.41, 5.74) is 7.12. The molecule has 364 valence electrons. The topological polar surface area (TPSA) is 163 Å². The van der Waals surface area contributed by atoms with Crippen LogP contribution in [0.2, 0.25) is 0 Å². The Morgan fingerprint density at radius 3 is 1.56 bits per heavy atom. The van der Waals surface area contributed by atoms with Gasteiger partial charge in [-0.2, -0.15) is 0 Å². The van der Waals surface area contributed by atoms with E-state index in [2.05, 4.69) is 13.8 Å². The van der Waals surface area contributed by atoms with Crippen molar-refractivity contribution in [3.63, 3.8) is 0 Å². The number of rotatable bonds is 37. The van der Waals surface area contributed by atoms with Crippen molar-refractivity contribution in [3.05, 3.63) is 35.9 Å². The number of carbonyl (C=O) groups is 3. The van der Waals surface area contributed by atoms with E-state index in [-0.39, 0.29) is 37.8 Å². The monoisotopic (exact) mass is 888 g/mol. The molecule has 0 aliphatic carbocycles. The molecular weight excluding hydrogens is 795 g/mol. The molecule has 11 nitrogen and oxygen atoms in total. The number of nitrogens with zero attached hydrogens (tertiary/aromatic N) is 2. The van der Waals surface area contributed by atoms with Gasteiger partial charge in [0.05, 0.1) is 12.6 Å². The molecular formula is C52H93N3O8. The van der Waals surface area contributed by atoms with Crippen molar-refractivity contribution in [2.45, 2.75) is 257 Å². The minimum atomic E-state index is -1.76. The zero-order valence-electron chi connectivity index (χ0n) is 40.4. The Labute approximate surface area is 383 Å². The second kappa shape index (κ2) is 35.7. The molecule has 0 bridgehead atoms. The highest BCUT2D eigenvalue weighted by Crippen LogP contribution is 2.31. The molecule has 3 amide bonds. The molecule has 0 unspecified atom stereocenters. The Bertz CT molecular complexity index is 1300. The van der Waals surface area contributed by atoms with Crippen LogP contribution in [0.15, 0.2) is 30.3 Å². The minimum Gasteiger partial charge on any atom is -0.444 e. The van der Waals surface area contributed by atoms with Crippen LogP contribution in [-0.2, 0) is 25.7 Å². The maximum atomic E-state index is 14.4. The van der Waals surface area contributed by atoms with E-state index in [1.165, 1.54) is 127 Å². The molecule has 1 aliphatic heterocycles. The Morgan fingerprint density at radius 1 is 0.667 bits per heavy atom. The number of hydrogen-bond donors (Lipinski definition) is 4. The fourth-order valence-corrected chi connectivity index (χ4v) is 8.86. The predicted octanol–water partition coefficient (Wildman–Crippen LogP) is 11.1. The Kier molecular flexibility index (Phi) is 32.0. The highest BCUT2D eigenvalue weighted by atomic mass is 16.6. The van der Waals surface area contributed by atoms with E-state index in [9.17, 15) is 29.7 Å². The smallest absolute Gasteiger partial charge is 0.417 e. The number of benzene rings is 1. The molecule has 1 aromatic rings. The predicted molar refractivity (Wildman–Crippen MR) is 255 cm³/mol. The number of ether oxygens (including phenoxy) is 2. The van der Waals surface area contributed by atoms with Crippen molar-refractivity contribution >= 4 is 17.9 Å². The van der Waals surface area contributed by atoms with E-state index in [1.807, 2.05) is 32.0 Å². The average molecular weight is 888 g/mol. The minimum absolute atomic E-state index is 0.0117. The summed E-state index contributed by atoms with van der Waals surface area (Å²) in [7, 11) is 0. The summed E-state index contributed by atoms with van der Waals surface area (Å²) in [5.74, 6) is -1.01. The van der Waals surface area contributed by atoms with Crippen LogP contribution in [0, 0.1) is 5.92 Å². The lowest BCUT2D eigenvalue weighted by Crippen LogP contribution is -2.71. The van der Waals surface area contributed by atoms with Gasteiger partial charge in [0, 0.05) is 13.0 Å². The van der Waals surface area contributed by atoms with Crippen molar-refractivity contribution in [2.75, 3.05) is 13.2 Å². The second-order valence-electron chi connectivity index (χ2n) is 18.9. The molecule has 0 radical (unpaired) electrons. The van der Waals surface area contributed by atoms with Gasteiger partial charge >= 0.3 is 6.09 Å². The van der Waals surface area contributed by atoms with Crippen LogP contribution >= 0.6 is 0 Å². The first-order valence-corrected chi connectivity index (χ1v) is 25.8. The Hall–Kier alpha value is -2.57. The highest BCUT2D eigenvalue weighted by Gasteiger charge is 2.53. The fourth-order valence-electron chi connectivity index (χ4n) is 8.86. The van der Waals surface area contributed by atoms with Crippen molar-refractivity contribution in [2.24, 2.45) is 11.7 Å². The van der Waals surface area contributed by atoms with Crippen molar-refractivity contribution < 1.29 is 39.2 Å². The third-order valence-electron chi connectivity index (χ3n) is 12.7. The lowest BCUT2D eigenvalue weighted by atomic mass is 9.92. The maximum Gasteiger partial charge on any atom is 0.417 e. The normalized spacial score (nSPS) is 19.3. The van der Waals surface area contributed by atoms with Crippen LogP contribution in [0.3, 0.4) is 0 Å². The van der Waals surface area contributed by atoms with Gasteiger partial charge in [-0.05, 0) is 30.7 Å². The van der Waals surface area contributed by atoms with Crippen LogP contribution in [0.4, 0.5) is 4.79 Å². The average Bonchev–Trinajstić information content (AvgIpc) is 3.27. The standard InChI is InChI=1S/C52H93N3O8/c1-5-7-9-11-13-15-17-19-20-21-22-24-26-28-33-37-46(57)54(38-34-29-27-25-23-18-16-14-12-10-8-6-2)51-47(49(59)48(58)45(40-56)63-51)55(50(60)44(53)39-42(3)4)52(61)62-41-43-35-31-30-32-36-43/h30-32,35-36,42,44-45,47-49,51,56,58-59H,5-29,33-34,37-41,53H2,1-4H3/t44-,45+,47+,48+,49+,51+/m0/s1. The number of amides is 3. The lowest BCUT2D eigenvalue weighted by molar-refractivity contribution is -0.245. The van der Waals surface area contributed by atoms with Crippen LogP contribution in [-0.4, -0.2) is 92.8 Å². The molecule has 1 fully saturated rings. The molecule has 5 N–H and O–H groups in total. The van der Waals surface area contributed by atoms with Gasteiger partial charge in [0.2, 0.25) is 11.8 Å². The number of hydrogen-bond acceptors (Lipinski definition) is 9. The first-order chi connectivity index (χ1) is 30.6. The maximum absolute atomic E-state index is 14.4. The van der Waals surface area contributed by atoms with Gasteiger partial charge in [-0.1, -0.05) is 219 Å². The van der Waals surface area contributed by atoms with Gasteiger partial charge in [0.1, 0.15) is 31.0 Å². The molecule has 63 heavy (non-hydrogen) atoms. The number of carbonyl (C=O) groups excluding carboxylic acids is 3. The highest BCUT2D eigenvalue weighted by molar-refractivity contribution is 5.95. The summed E-state index contributed by atoms with van der Waals surface area (Å²) in [6.45, 7) is 7.79. The number of imide groups is 1. The van der Waals surface area contributed by atoms with Crippen LogP contribution < -0.4 is 5.73 Å². The number of unbranched alkanes of at least 4 members (excludes halogenated alkanes) is 25. The molecule has 2 rings (SSSR count). The summed E-state index contributed by atoms with van der Waals surface area (Å²) in [5, 5.41) is 33.4. The molecule has 11 heteroatoms. The molecule has 1 aromatic carbocycles. The summed E-state index contributed by atoms with van der Waals surface area (Å²) in [6, 6.07) is 6.36. The van der Waals surface area contributed by atoms with Crippen LogP contribution in [0.25, 0.3) is 0 Å². The zero-order valence-corrected chi connectivity index (χ0v) is 40.4. The van der Waals surface area contributed by atoms with Crippen molar-refractivity contribution in [1.29, 1.82) is 0 Å². The van der Waals surface area contributed by atoms with Gasteiger partial charge < -0.3 is 35.4 Å². The van der Waals surface area contributed by atoms with Gasteiger partial charge in [0.15, 0.2) is 6.23 Å². The first kappa shape index (κ1) is 56.6. The van der Waals surface area contributed by atoms with Gasteiger partial charge in [-0.3, -0.25) is 9.59 Å². The van der Waals surface area contributed by atoms with E-state index in [4.69, 9.17) is 15.2 Å². The van der Waals surface area contributed by atoms with E-state index >= 15 is 0 Å². The lowest BCUT2D eigenvalue weighted by Gasteiger charge is -2.49. The largest absolute Gasteiger partial charge is 0.444 e. The summed E-state index contributed by atoms with van der Waals surface area (Å²) < 4.78 is 12.0.